The topological polar surface area (TPSA) is 78.4 Å². The van der Waals surface area contributed by atoms with Crippen LogP contribution in [0.4, 0.5) is 10.5 Å². The van der Waals surface area contributed by atoms with Gasteiger partial charge in [0.15, 0.2) is 5.78 Å². The number of anilines is 1. The van der Waals surface area contributed by atoms with Crippen molar-refractivity contribution in [3.63, 3.8) is 0 Å². The Bertz CT molecular complexity index is 555. The van der Waals surface area contributed by atoms with Crippen LogP contribution in [-0.4, -0.2) is 29.6 Å². The van der Waals surface area contributed by atoms with Crippen LogP contribution in [0.2, 0.25) is 0 Å². The van der Waals surface area contributed by atoms with Crippen LogP contribution in [0.1, 0.15) is 49.0 Å². The first-order valence-electron chi connectivity index (χ1n) is 7.84. The molecule has 1 aliphatic carbocycles. The molecule has 120 valence electrons. The maximum Gasteiger partial charge on any atom is 0.319 e. The Morgan fingerprint density at radius 1 is 1.32 bits per heavy atom. The number of hydrogen-bond acceptors (Lipinski definition) is 3. The summed E-state index contributed by atoms with van der Waals surface area (Å²) in [7, 11) is 0. The summed E-state index contributed by atoms with van der Waals surface area (Å²) in [6, 6.07) is 4.84. The second-order valence-electron chi connectivity index (χ2n) is 6.26. The van der Waals surface area contributed by atoms with E-state index in [1.165, 1.54) is 0 Å². The van der Waals surface area contributed by atoms with Crippen LogP contribution >= 0.6 is 0 Å². The van der Waals surface area contributed by atoms with E-state index in [1.807, 2.05) is 26.0 Å². The molecular weight excluding hydrogens is 280 g/mol. The number of amides is 2. The molecule has 5 heteroatoms. The third-order valence-electron chi connectivity index (χ3n) is 3.83. The molecule has 0 saturated carbocycles. The fraction of sp³-hybridized carbons (Fsp3) is 0.529. The third kappa shape index (κ3) is 4.31. The van der Waals surface area contributed by atoms with Crippen molar-refractivity contribution >= 4 is 17.5 Å². The number of urea groups is 1. The van der Waals surface area contributed by atoms with E-state index in [-0.39, 0.29) is 24.5 Å². The van der Waals surface area contributed by atoms with Crippen LogP contribution in [-0.2, 0) is 6.42 Å². The largest absolute Gasteiger partial charge is 0.394 e. The van der Waals surface area contributed by atoms with Gasteiger partial charge in [0.2, 0.25) is 0 Å². The molecule has 2 amide bonds. The highest BCUT2D eigenvalue weighted by Gasteiger charge is 2.18. The van der Waals surface area contributed by atoms with Crippen LogP contribution < -0.4 is 10.6 Å². The third-order valence-corrected chi connectivity index (χ3v) is 3.83. The van der Waals surface area contributed by atoms with Crippen molar-refractivity contribution in [2.24, 2.45) is 5.92 Å². The number of aliphatic hydroxyl groups is 1. The van der Waals surface area contributed by atoms with Gasteiger partial charge in [0.25, 0.3) is 0 Å². The first kappa shape index (κ1) is 16.5. The molecule has 0 aliphatic heterocycles. The van der Waals surface area contributed by atoms with E-state index in [9.17, 15) is 14.7 Å². The van der Waals surface area contributed by atoms with Gasteiger partial charge in [-0.3, -0.25) is 4.79 Å². The predicted molar refractivity (Wildman–Crippen MR) is 86.2 cm³/mol. The second-order valence-corrected chi connectivity index (χ2v) is 6.26. The number of carbonyl (C=O) groups excluding carboxylic acids is 2. The molecule has 0 fully saturated rings. The van der Waals surface area contributed by atoms with Crippen molar-refractivity contribution < 1.29 is 14.7 Å². The zero-order chi connectivity index (χ0) is 16.1. The number of Topliss-reactive ketones (excluding diaryl/α,β-unsaturated/α-hetero) is 1. The summed E-state index contributed by atoms with van der Waals surface area (Å²) in [5.74, 6) is 0.525. The van der Waals surface area contributed by atoms with E-state index in [0.29, 0.717) is 30.0 Å². The van der Waals surface area contributed by atoms with Gasteiger partial charge >= 0.3 is 6.03 Å². The lowest BCUT2D eigenvalue weighted by Crippen LogP contribution is -2.41. The smallest absolute Gasteiger partial charge is 0.319 e. The van der Waals surface area contributed by atoms with Gasteiger partial charge in [-0.25, -0.2) is 4.79 Å². The first-order chi connectivity index (χ1) is 10.5. The van der Waals surface area contributed by atoms with Gasteiger partial charge < -0.3 is 15.7 Å². The second kappa shape index (κ2) is 7.40. The summed E-state index contributed by atoms with van der Waals surface area (Å²) < 4.78 is 0. The molecule has 0 bridgehead atoms. The summed E-state index contributed by atoms with van der Waals surface area (Å²) in [6.45, 7) is 3.99. The number of hydrogen-bond donors (Lipinski definition) is 3. The van der Waals surface area contributed by atoms with Gasteiger partial charge in [-0.1, -0.05) is 19.9 Å². The zero-order valence-electron chi connectivity index (χ0n) is 13.2. The fourth-order valence-electron chi connectivity index (χ4n) is 2.81. The lowest BCUT2D eigenvalue weighted by Gasteiger charge is -2.19. The lowest BCUT2D eigenvalue weighted by atomic mass is 9.90. The molecule has 3 N–H and O–H groups in total. The highest BCUT2D eigenvalue weighted by Crippen LogP contribution is 2.24. The van der Waals surface area contributed by atoms with Gasteiger partial charge in [0.1, 0.15) is 0 Å². The normalized spacial score (nSPS) is 15.4. The molecule has 0 radical (unpaired) electrons. The minimum absolute atomic E-state index is 0.0890. The van der Waals surface area contributed by atoms with Gasteiger partial charge in [-0.15, -0.1) is 0 Å². The summed E-state index contributed by atoms with van der Waals surface area (Å²) >= 11 is 0. The number of aliphatic hydroxyl groups excluding tert-OH is 1. The van der Waals surface area contributed by atoms with E-state index in [2.05, 4.69) is 10.6 Å². The number of aryl methyl sites for hydroxylation is 1. The Morgan fingerprint density at radius 2 is 2.09 bits per heavy atom. The first-order valence-corrected chi connectivity index (χ1v) is 7.84. The van der Waals surface area contributed by atoms with Crippen LogP contribution in [0.25, 0.3) is 0 Å². The molecule has 2 rings (SSSR count). The van der Waals surface area contributed by atoms with Crippen LogP contribution in [0, 0.1) is 5.92 Å². The summed E-state index contributed by atoms with van der Waals surface area (Å²) in [6.07, 6.45) is 3.09. The number of fused-ring (bicyclic) bond motifs is 1. The maximum absolute atomic E-state index is 12.0. The molecular formula is C17H24N2O3. The van der Waals surface area contributed by atoms with Crippen molar-refractivity contribution in [2.45, 2.75) is 45.6 Å². The molecule has 1 aromatic rings. The van der Waals surface area contributed by atoms with Crippen LogP contribution in [0.15, 0.2) is 18.2 Å². The van der Waals surface area contributed by atoms with Crippen molar-refractivity contribution in [3.8, 4) is 0 Å². The van der Waals surface area contributed by atoms with E-state index < -0.39 is 0 Å². The Labute approximate surface area is 131 Å². The van der Waals surface area contributed by atoms with Crippen molar-refractivity contribution in [1.82, 2.24) is 5.32 Å². The van der Waals surface area contributed by atoms with Crippen molar-refractivity contribution in [2.75, 3.05) is 11.9 Å². The molecule has 1 unspecified atom stereocenters. The molecule has 0 spiro atoms. The summed E-state index contributed by atoms with van der Waals surface area (Å²) in [5.41, 5.74) is 2.37. The van der Waals surface area contributed by atoms with Gasteiger partial charge in [0, 0.05) is 17.7 Å². The van der Waals surface area contributed by atoms with E-state index >= 15 is 0 Å². The van der Waals surface area contributed by atoms with Gasteiger partial charge in [0.05, 0.1) is 12.6 Å². The van der Waals surface area contributed by atoms with Crippen molar-refractivity contribution in [1.29, 1.82) is 0 Å². The van der Waals surface area contributed by atoms with E-state index in [4.69, 9.17) is 0 Å². The average molecular weight is 304 g/mol. The minimum Gasteiger partial charge on any atom is -0.394 e. The number of rotatable bonds is 5. The van der Waals surface area contributed by atoms with Crippen molar-refractivity contribution in [3.05, 3.63) is 29.3 Å². The number of benzene rings is 1. The van der Waals surface area contributed by atoms with E-state index in [1.54, 1.807) is 6.07 Å². The molecule has 0 heterocycles. The lowest BCUT2D eigenvalue weighted by molar-refractivity contribution is 0.0972. The Kier molecular flexibility index (Phi) is 5.55. The molecule has 0 saturated heterocycles. The number of carbonyl (C=O) groups is 2. The molecule has 1 aromatic carbocycles. The van der Waals surface area contributed by atoms with E-state index in [0.717, 1.165) is 18.4 Å². The maximum atomic E-state index is 12.0. The van der Waals surface area contributed by atoms with Crippen LogP contribution in [0.3, 0.4) is 0 Å². The molecule has 1 atom stereocenters. The SMILES string of the molecule is CC(C)CC(CO)NC(=O)Nc1ccc2c(c1)C(=O)CCC2. The van der Waals surface area contributed by atoms with Crippen LogP contribution in [0.5, 0.6) is 0 Å². The number of nitrogens with one attached hydrogen (secondary N) is 2. The highest BCUT2D eigenvalue weighted by molar-refractivity contribution is 6.00. The summed E-state index contributed by atoms with van der Waals surface area (Å²) in [5, 5.41) is 14.8. The minimum atomic E-state index is -0.358. The molecule has 0 aromatic heterocycles. The summed E-state index contributed by atoms with van der Waals surface area (Å²) in [4.78, 5) is 23.9. The Morgan fingerprint density at radius 3 is 2.77 bits per heavy atom. The Balaban J connectivity index is 2.00. The average Bonchev–Trinajstić information content (AvgIpc) is 2.47. The van der Waals surface area contributed by atoms with Gasteiger partial charge in [-0.05, 0) is 42.9 Å². The van der Waals surface area contributed by atoms with Gasteiger partial charge in [-0.2, -0.15) is 0 Å². The monoisotopic (exact) mass is 304 g/mol. The zero-order valence-corrected chi connectivity index (χ0v) is 13.2. The predicted octanol–water partition coefficient (Wildman–Crippen LogP) is 2.73. The highest BCUT2D eigenvalue weighted by atomic mass is 16.3. The Hall–Kier alpha value is -1.88. The number of ketones is 1. The molecule has 22 heavy (non-hydrogen) atoms. The quantitative estimate of drug-likeness (QED) is 0.782. The molecule has 1 aliphatic rings. The fourth-order valence-corrected chi connectivity index (χ4v) is 2.81. The standard InChI is InChI=1S/C17H24N2O3/c1-11(2)8-14(10-20)19-17(22)18-13-7-6-12-4-3-5-16(21)15(12)9-13/h6-7,9,11,14,20H,3-5,8,10H2,1-2H3,(H2,18,19,22). The molecule has 5 nitrogen and oxygen atoms in total.